The van der Waals surface area contributed by atoms with Gasteiger partial charge in [-0.2, -0.15) is 18.3 Å². The predicted molar refractivity (Wildman–Crippen MR) is 161 cm³/mol. The molecule has 0 radical (unpaired) electrons. The van der Waals surface area contributed by atoms with Crippen LogP contribution in [0.5, 0.6) is 11.5 Å². The third-order valence-electron chi connectivity index (χ3n) is 7.50. The molecule has 1 aliphatic heterocycles. The molecule has 1 fully saturated rings. The van der Waals surface area contributed by atoms with Crippen LogP contribution in [0, 0.1) is 0 Å². The lowest BCUT2D eigenvalue weighted by atomic mass is 10.1. The van der Waals surface area contributed by atoms with Crippen molar-refractivity contribution >= 4 is 34.2 Å². The van der Waals surface area contributed by atoms with E-state index < -0.39 is 5.51 Å². The summed E-state index contributed by atoms with van der Waals surface area (Å²) >= 11 is -0.164. The highest BCUT2D eigenvalue weighted by molar-refractivity contribution is 7.98. The molecule has 1 atom stereocenters. The maximum atomic E-state index is 12.6. The van der Waals surface area contributed by atoms with Gasteiger partial charge in [0, 0.05) is 103 Å². The zero-order chi connectivity index (χ0) is 29.7. The van der Waals surface area contributed by atoms with E-state index in [0.717, 1.165) is 65.8 Å². The first kappa shape index (κ1) is 30.0. The largest absolute Gasteiger partial charge is 0.497 e. The summed E-state index contributed by atoms with van der Waals surface area (Å²) in [6, 6.07) is 14.2. The van der Waals surface area contributed by atoms with Crippen LogP contribution in [0.1, 0.15) is 19.3 Å². The molecule has 3 heterocycles. The number of nitrogens with one attached hydrogen (secondary N) is 1. The van der Waals surface area contributed by atoms with Crippen molar-refractivity contribution in [3.63, 3.8) is 0 Å². The molecule has 0 bridgehead atoms. The molecule has 42 heavy (non-hydrogen) atoms. The highest BCUT2D eigenvalue weighted by Gasteiger charge is 2.30. The molecule has 12 heteroatoms. The van der Waals surface area contributed by atoms with Crippen LogP contribution in [0.4, 0.5) is 24.5 Å². The summed E-state index contributed by atoms with van der Waals surface area (Å²) < 4.78 is 53.2. The van der Waals surface area contributed by atoms with Gasteiger partial charge in [-0.3, -0.25) is 19.3 Å². The Morgan fingerprint density at radius 1 is 1.02 bits per heavy atom. The Morgan fingerprint density at radius 3 is 2.50 bits per heavy atom. The Labute approximate surface area is 247 Å². The van der Waals surface area contributed by atoms with E-state index in [4.69, 9.17) is 9.47 Å². The fourth-order valence-corrected chi connectivity index (χ4v) is 5.88. The molecule has 1 unspecified atom stereocenters. The fourth-order valence-electron chi connectivity index (χ4n) is 5.44. The number of nitrogens with zero attached hydrogens (tertiary/aromatic N) is 5. The number of methoxy groups -OCH3 is 2. The number of anilines is 2. The highest BCUT2D eigenvalue weighted by Crippen LogP contribution is 2.35. The molecular weight excluding hydrogens is 565 g/mol. The molecule has 1 N–H and O–H groups in total. The van der Waals surface area contributed by atoms with Crippen LogP contribution in [0.2, 0.25) is 0 Å². The van der Waals surface area contributed by atoms with Crippen molar-refractivity contribution in [2.24, 2.45) is 7.05 Å². The molecular formula is C30H35F3N6O2S. The van der Waals surface area contributed by atoms with E-state index in [1.165, 1.54) is 0 Å². The van der Waals surface area contributed by atoms with Crippen LogP contribution < -0.4 is 19.1 Å². The van der Waals surface area contributed by atoms with Crippen LogP contribution in [0.25, 0.3) is 22.0 Å². The van der Waals surface area contributed by atoms with Crippen LogP contribution in [0.3, 0.4) is 0 Å². The average molecular weight is 601 g/mol. The number of alkyl halides is 3. The van der Waals surface area contributed by atoms with E-state index >= 15 is 0 Å². The third kappa shape index (κ3) is 7.47. The van der Waals surface area contributed by atoms with Gasteiger partial charge in [0.1, 0.15) is 11.5 Å². The summed E-state index contributed by atoms with van der Waals surface area (Å²) in [5.41, 5.74) is 0.497. The average Bonchev–Trinajstić information content (AvgIpc) is 3.62. The van der Waals surface area contributed by atoms with Gasteiger partial charge in [-0.05, 0) is 50.1 Å². The number of hydrogen-bond donors (Lipinski definition) is 1. The lowest BCUT2D eigenvalue weighted by molar-refractivity contribution is -0.0336. The number of ether oxygens (including phenoxy) is 2. The standard InChI is InChI=1S/C30H35F3N6O2S/c1-37-20-23(18-35-37)22-12-21-13-24(7-8-29(21)34-17-22)39(26-14-27(40-2)16-28(15-26)41-3)11-5-10-38-9-4-6-25(38)19-36-42-30(31,32)33/h7-8,12-18,20,25,36H,4-6,9-11,19H2,1-3H3. The van der Waals surface area contributed by atoms with Crippen LogP contribution in [-0.2, 0) is 7.05 Å². The van der Waals surface area contributed by atoms with Gasteiger partial charge in [0.15, 0.2) is 0 Å². The number of aromatic nitrogens is 3. The molecule has 0 amide bonds. The molecule has 0 aliphatic carbocycles. The van der Waals surface area contributed by atoms with Gasteiger partial charge >= 0.3 is 5.51 Å². The maximum Gasteiger partial charge on any atom is 0.456 e. The van der Waals surface area contributed by atoms with Gasteiger partial charge in [-0.1, -0.05) is 0 Å². The monoisotopic (exact) mass is 600 g/mol. The smallest absolute Gasteiger partial charge is 0.456 e. The Hall–Kier alpha value is -3.48. The van der Waals surface area contributed by atoms with Gasteiger partial charge in [-0.25, -0.2) is 0 Å². The summed E-state index contributed by atoms with van der Waals surface area (Å²) in [6.45, 7) is 2.65. The Kier molecular flexibility index (Phi) is 9.44. The van der Waals surface area contributed by atoms with Crippen LogP contribution >= 0.6 is 11.9 Å². The van der Waals surface area contributed by atoms with Crippen molar-refractivity contribution in [1.82, 2.24) is 24.4 Å². The minimum Gasteiger partial charge on any atom is -0.497 e. The maximum absolute atomic E-state index is 12.6. The molecule has 8 nitrogen and oxygen atoms in total. The lowest BCUT2D eigenvalue weighted by Crippen LogP contribution is -2.38. The van der Waals surface area contributed by atoms with E-state index in [-0.39, 0.29) is 18.0 Å². The summed E-state index contributed by atoms with van der Waals surface area (Å²) in [6.07, 6.45) is 8.33. The van der Waals surface area contributed by atoms with Gasteiger partial charge in [0.25, 0.3) is 0 Å². The minimum absolute atomic E-state index is 0.0860. The van der Waals surface area contributed by atoms with Gasteiger partial charge in [0.2, 0.25) is 0 Å². The molecule has 1 aliphatic rings. The number of fused-ring (bicyclic) bond motifs is 1. The van der Waals surface area contributed by atoms with Gasteiger partial charge < -0.3 is 14.4 Å². The fraction of sp³-hybridized carbons (Fsp3) is 0.400. The molecule has 0 spiro atoms. The lowest BCUT2D eigenvalue weighted by Gasteiger charge is -2.29. The molecule has 1 saturated heterocycles. The molecule has 4 aromatic rings. The molecule has 2 aromatic carbocycles. The van der Waals surface area contributed by atoms with Crippen molar-refractivity contribution in [2.45, 2.75) is 30.8 Å². The van der Waals surface area contributed by atoms with Crippen molar-refractivity contribution in [3.05, 3.63) is 61.1 Å². The number of halogens is 3. The second-order valence-electron chi connectivity index (χ2n) is 10.3. The minimum atomic E-state index is -4.28. The number of aryl methyl sites for hydroxylation is 1. The summed E-state index contributed by atoms with van der Waals surface area (Å²) in [5, 5.41) is 5.29. The van der Waals surface area contributed by atoms with Crippen molar-refractivity contribution in [3.8, 4) is 22.6 Å². The molecule has 5 rings (SSSR count). The van der Waals surface area contributed by atoms with Gasteiger partial charge in [0.05, 0.1) is 25.9 Å². The quantitative estimate of drug-likeness (QED) is 0.187. The first-order valence-corrected chi connectivity index (χ1v) is 14.6. The first-order valence-electron chi connectivity index (χ1n) is 13.8. The number of likely N-dealkylation sites (tertiary alicyclic amines) is 1. The zero-order valence-corrected chi connectivity index (χ0v) is 24.7. The van der Waals surface area contributed by atoms with Crippen LogP contribution in [0.15, 0.2) is 61.1 Å². The second kappa shape index (κ2) is 13.2. The highest BCUT2D eigenvalue weighted by atomic mass is 32.2. The van der Waals surface area contributed by atoms with Gasteiger partial charge in [-0.15, -0.1) is 0 Å². The Bertz CT molecular complexity index is 1480. The zero-order valence-electron chi connectivity index (χ0n) is 23.9. The number of benzene rings is 2. The predicted octanol–water partition coefficient (Wildman–Crippen LogP) is 6.40. The molecule has 2 aromatic heterocycles. The Balaban J connectivity index is 1.39. The van der Waals surface area contributed by atoms with Crippen molar-refractivity contribution in [2.75, 3.05) is 45.3 Å². The normalized spacial score (nSPS) is 15.8. The summed E-state index contributed by atoms with van der Waals surface area (Å²) in [7, 11) is 5.14. The first-order chi connectivity index (χ1) is 20.2. The number of pyridine rings is 1. The van der Waals surface area contributed by atoms with E-state index in [9.17, 15) is 13.2 Å². The summed E-state index contributed by atoms with van der Waals surface area (Å²) in [5.74, 6) is 1.37. The molecule has 224 valence electrons. The summed E-state index contributed by atoms with van der Waals surface area (Å²) in [4.78, 5) is 9.19. The van der Waals surface area contributed by atoms with E-state index in [0.29, 0.717) is 24.6 Å². The van der Waals surface area contributed by atoms with Crippen molar-refractivity contribution < 1.29 is 22.6 Å². The number of rotatable bonds is 12. The number of hydrogen-bond acceptors (Lipinski definition) is 8. The van der Waals surface area contributed by atoms with Crippen LogP contribution in [-0.4, -0.2) is 71.6 Å². The van der Waals surface area contributed by atoms with E-state index in [1.54, 1.807) is 18.9 Å². The van der Waals surface area contributed by atoms with Crippen molar-refractivity contribution in [1.29, 1.82) is 0 Å². The second-order valence-corrected chi connectivity index (χ2v) is 11.3. The molecule has 0 saturated carbocycles. The topological polar surface area (TPSA) is 67.7 Å². The van der Waals surface area contributed by atoms with E-state index in [1.807, 2.05) is 49.9 Å². The Morgan fingerprint density at radius 2 is 1.81 bits per heavy atom. The van der Waals surface area contributed by atoms with E-state index in [2.05, 4.69) is 42.8 Å². The SMILES string of the molecule is COc1cc(OC)cc(N(CCCN2CCCC2CNSC(F)(F)F)c2ccc3ncc(-c4cnn(C)c4)cc3c2)c1. The third-order valence-corrected chi connectivity index (χ3v) is 8.04.